The highest BCUT2D eigenvalue weighted by atomic mass is 19.4. The van der Waals surface area contributed by atoms with Crippen LogP contribution in [-0.4, -0.2) is 41.2 Å². The van der Waals surface area contributed by atoms with Crippen LogP contribution in [0.4, 0.5) is 18.9 Å². The molecule has 1 fully saturated rings. The summed E-state index contributed by atoms with van der Waals surface area (Å²) in [5, 5.41) is 2.12. The number of ether oxygens (including phenoxy) is 1. The van der Waals surface area contributed by atoms with E-state index in [1.54, 1.807) is 13.8 Å². The Bertz CT molecular complexity index is 1500. The number of hydrogen-bond acceptors (Lipinski definition) is 5. The molecule has 3 aliphatic carbocycles. The number of nitrogens with zero attached hydrogens (tertiary/aromatic N) is 1. The molecule has 1 saturated heterocycles. The van der Waals surface area contributed by atoms with E-state index in [1.807, 2.05) is 48.5 Å². The molecule has 1 heterocycles. The molecule has 2 bridgehead atoms. The average molecular weight is 577 g/mol. The Morgan fingerprint density at radius 1 is 0.810 bits per heavy atom. The van der Waals surface area contributed by atoms with Crippen LogP contribution in [0.2, 0.25) is 0 Å². The molecule has 0 radical (unpaired) electrons. The number of para-hydroxylation sites is 1. The zero-order valence-electron chi connectivity index (χ0n) is 22.7. The fourth-order valence-corrected chi connectivity index (χ4v) is 6.90. The molecular weight excluding hydrogens is 549 g/mol. The first-order chi connectivity index (χ1) is 20.0. The van der Waals surface area contributed by atoms with Crippen LogP contribution in [0.15, 0.2) is 72.8 Å². The van der Waals surface area contributed by atoms with E-state index in [1.165, 1.54) is 12.1 Å². The first-order valence-corrected chi connectivity index (χ1v) is 13.7. The Balaban J connectivity index is 1.24. The van der Waals surface area contributed by atoms with Gasteiger partial charge in [0.15, 0.2) is 6.61 Å². The van der Waals surface area contributed by atoms with Crippen molar-refractivity contribution in [3.05, 3.63) is 101 Å². The normalized spacial score (nSPS) is 22.9. The van der Waals surface area contributed by atoms with Crippen LogP contribution >= 0.6 is 0 Å². The molecule has 3 atom stereocenters. The van der Waals surface area contributed by atoms with Crippen LogP contribution in [0.1, 0.15) is 53.5 Å². The predicted molar refractivity (Wildman–Crippen MR) is 145 cm³/mol. The Labute approximate surface area is 239 Å². The van der Waals surface area contributed by atoms with E-state index in [-0.39, 0.29) is 11.8 Å². The topological polar surface area (TPSA) is 92.8 Å². The molecule has 3 amide bonds. The van der Waals surface area contributed by atoms with Gasteiger partial charge in [-0.3, -0.25) is 19.3 Å². The summed E-state index contributed by atoms with van der Waals surface area (Å²) < 4.78 is 45.1. The molecule has 7 nitrogen and oxygen atoms in total. The lowest BCUT2D eigenvalue weighted by Crippen LogP contribution is -2.49. The molecule has 1 N–H and O–H groups in total. The molecule has 7 rings (SSSR count). The van der Waals surface area contributed by atoms with Gasteiger partial charge in [-0.2, -0.15) is 13.2 Å². The third-order valence-electron chi connectivity index (χ3n) is 8.49. The van der Waals surface area contributed by atoms with Crippen molar-refractivity contribution in [3.8, 4) is 0 Å². The van der Waals surface area contributed by atoms with Gasteiger partial charge in [0.25, 0.3) is 5.91 Å². The molecule has 10 heteroatoms. The summed E-state index contributed by atoms with van der Waals surface area (Å²) in [4.78, 5) is 54.9. The molecule has 3 aromatic rings. The van der Waals surface area contributed by atoms with Crippen molar-refractivity contribution in [1.82, 2.24) is 4.90 Å². The lowest BCUT2D eigenvalue weighted by molar-refractivity contribution is -0.162. The number of carbonyl (C=O) groups excluding carboxylic acids is 4. The lowest BCUT2D eigenvalue weighted by Gasteiger charge is -2.45. The Kier molecular flexibility index (Phi) is 6.67. The van der Waals surface area contributed by atoms with Crippen molar-refractivity contribution in [1.29, 1.82) is 0 Å². The summed E-state index contributed by atoms with van der Waals surface area (Å²) in [5.74, 6) is -5.54. The van der Waals surface area contributed by atoms with Crippen LogP contribution in [0.5, 0.6) is 0 Å². The maximum absolute atomic E-state index is 14.0. The Morgan fingerprint density at radius 3 is 1.71 bits per heavy atom. The average Bonchev–Trinajstić information content (AvgIpc) is 3.21. The number of halogens is 3. The maximum Gasteiger partial charge on any atom is 0.418 e. The number of likely N-dealkylation sites (tertiary alicyclic amines) is 1. The number of rotatable bonds is 6. The van der Waals surface area contributed by atoms with E-state index in [9.17, 15) is 32.3 Å². The number of esters is 1. The summed E-state index contributed by atoms with van der Waals surface area (Å²) >= 11 is 0. The van der Waals surface area contributed by atoms with E-state index in [2.05, 4.69) is 5.32 Å². The van der Waals surface area contributed by atoms with Gasteiger partial charge in [-0.25, -0.2) is 4.79 Å². The van der Waals surface area contributed by atoms with Crippen LogP contribution in [0.3, 0.4) is 0 Å². The van der Waals surface area contributed by atoms with Gasteiger partial charge in [-0.1, -0.05) is 74.5 Å². The number of anilines is 1. The molecule has 0 aromatic heterocycles. The molecular formula is C32H27F3N2O5. The first kappa shape index (κ1) is 27.7. The van der Waals surface area contributed by atoms with Gasteiger partial charge < -0.3 is 10.1 Å². The van der Waals surface area contributed by atoms with Crippen molar-refractivity contribution >= 4 is 29.4 Å². The highest BCUT2D eigenvalue weighted by molar-refractivity contribution is 6.10. The molecule has 0 spiro atoms. The predicted octanol–water partition coefficient (Wildman–Crippen LogP) is 5.10. The van der Waals surface area contributed by atoms with Crippen molar-refractivity contribution in [2.24, 2.45) is 17.8 Å². The van der Waals surface area contributed by atoms with Crippen molar-refractivity contribution in [2.45, 2.75) is 37.9 Å². The Hall–Kier alpha value is -4.47. The van der Waals surface area contributed by atoms with E-state index >= 15 is 0 Å². The Morgan fingerprint density at radius 2 is 1.26 bits per heavy atom. The number of nitrogens with one attached hydrogen (secondary N) is 1. The number of imide groups is 1. The highest BCUT2D eigenvalue weighted by Crippen LogP contribution is 2.61. The minimum atomic E-state index is -4.70. The SMILES string of the molecule is CC(C)[C@H](C(=O)OCC(=O)Nc1ccccc1C(F)(F)F)N1C(=O)[C@@H]2C3c4ccccc4C(c4ccccc43)[C@@H]2C1=O. The van der Waals surface area contributed by atoms with Gasteiger partial charge in [0.1, 0.15) is 6.04 Å². The van der Waals surface area contributed by atoms with Crippen molar-refractivity contribution in [2.75, 3.05) is 11.9 Å². The highest BCUT2D eigenvalue weighted by Gasteiger charge is 2.63. The standard InChI is InChI=1S/C32H27F3N2O5/c1-16(2)28(31(41)42-15-23(38)36-22-14-8-7-13-21(22)32(33,34)35)37-29(39)26-24-17-9-3-4-10-18(17)25(27(26)30(37)40)20-12-6-5-11-19(20)24/h3-14,16,24-28H,15H2,1-2H3,(H,36,38)/t24?,25?,26-,27+,28-/m1/s1. The fraction of sp³-hybridized carbons (Fsp3) is 0.312. The minimum Gasteiger partial charge on any atom is -0.454 e. The van der Waals surface area contributed by atoms with Gasteiger partial charge in [0, 0.05) is 11.8 Å². The second kappa shape index (κ2) is 10.1. The third kappa shape index (κ3) is 4.28. The lowest BCUT2D eigenvalue weighted by atomic mass is 9.55. The zero-order chi connectivity index (χ0) is 29.9. The van der Waals surface area contributed by atoms with Gasteiger partial charge in [0.05, 0.1) is 23.1 Å². The maximum atomic E-state index is 14.0. The van der Waals surface area contributed by atoms with E-state index in [4.69, 9.17) is 4.74 Å². The first-order valence-electron chi connectivity index (χ1n) is 13.7. The summed E-state index contributed by atoms with van der Waals surface area (Å²) in [6.07, 6.45) is -4.70. The third-order valence-corrected chi connectivity index (χ3v) is 8.49. The van der Waals surface area contributed by atoms with Crippen molar-refractivity contribution in [3.63, 3.8) is 0 Å². The summed E-state index contributed by atoms with van der Waals surface area (Å²) in [5.41, 5.74) is 2.44. The molecule has 0 unspecified atom stereocenters. The summed E-state index contributed by atoms with van der Waals surface area (Å²) in [6, 6.07) is 18.7. The number of alkyl halides is 3. The summed E-state index contributed by atoms with van der Waals surface area (Å²) in [6.45, 7) is 2.43. The molecule has 216 valence electrons. The second-order valence-corrected chi connectivity index (χ2v) is 11.2. The quantitative estimate of drug-likeness (QED) is 0.326. The van der Waals surface area contributed by atoms with Crippen LogP contribution < -0.4 is 5.32 Å². The number of benzene rings is 3. The van der Waals surface area contributed by atoms with Gasteiger partial charge in [-0.15, -0.1) is 0 Å². The van der Waals surface area contributed by atoms with Gasteiger partial charge >= 0.3 is 12.1 Å². The van der Waals surface area contributed by atoms with Crippen LogP contribution in [0.25, 0.3) is 0 Å². The van der Waals surface area contributed by atoms with Crippen LogP contribution in [-0.2, 0) is 30.1 Å². The smallest absolute Gasteiger partial charge is 0.418 e. The molecule has 1 aliphatic heterocycles. The largest absolute Gasteiger partial charge is 0.454 e. The van der Waals surface area contributed by atoms with Gasteiger partial charge in [-0.05, 0) is 40.3 Å². The zero-order valence-corrected chi connectivity index (χ0v) is 22.7. The summed E-state index contributed by atoms with van der Waals surface area (Å²) in [7, 11) is 0. The number of amides is 3. The molecule has 4 aliphatic rings. The molecule has 0 saturated carbocycles. The van der Waals surface area contributed by atoms with Gasteiger partial charge in [0.2, 0.25) is 11.8 Å². The number of hydrogen-bond donors (Lipinski definition) is 1. The van der Waals surface area contributed by atoms with E-state index in [0.29, 0.717) is 0 Å². The van der Waals surface area contributed by atoms with Crippen LogP contribution in [0, 0.1) is 17.8 Å². The second-order valence-electron chi connectivity index (χ2n) is 11.2. The van der Waals surface area contributed by atoms with E-state index < -0.39 is 71.5 Å². The fourth-order valence-electron chi connectivity index (χ4n) is 6.90. The molecule has 3 aromatic carbocycles. The monoisotopic (exact) mass is 576 g/mol. The van der Waals surface area contributed by atoms with Crippen molar-refractivity contribution < 1.29 is 37.1 Å². The van der Waals surface area contributed by atoms with E-state index in [0.717, 1.165) is 39.3 Å². The number of carbonyl (C=O) groups is 4. The minimum absolute atomic E-state index is 0.350. The molecule has 42 heavy (non-hydrogen) atoms.